The lowest BCUT2D eigenvalue weighted by molar-refractivity contribution is 0.373. The Labute approximate surface area is 92.4 Å². The second kappa shape index (κ2) is 3.77. The van der Waals surface area contributed by atoms with E-state index in [4.69, 9.17) is 15.0 Å². The number of nitrogens with zero attached hydrogens (tertiary/aromatic N) is 1. The Kier molecular flexibility index (Phi) is 2.44. The minimum Gasteiger partial charge on any atom is -0.504 e. The SMILES string of the molecule is COc1c(-c2cnoc2N)ccc(C)c1O. The lowest BCUT2D eigenvalue weighted by Gasteiger charge is -2.10. The molecular weight excluding hydrogens is 208 g/mol. The average Bonchev–Trinajstić information content (AvgIpc) is 2.68. The third kappa shape index (κ3) is 1.46. The van der Waals surface area contributed by atoms with E-state index in [-0.39, 0.29) is 11.6 Å². The van der Waals surface area contributed by atoms with Gasteiger partial charge in [0.25, 0.3) is 0 Å². The molecule has 0 atom stereocenters. The number of phenols is 1. The van der Waals surface area contributed by atoms with Gasteiger partial charge < -0.3 is 20.1 Å². The number of hydrogen-bond acceptors (Lipinski definition) is 5. The van der Waals surface area contributed by atoms with Crippen molar-refractivity contribution >= 4 is 5.88 Å². The fourth-order valence-electron chi connectivity index (χ4n) is 1.54. The van der Waals surface area contributed by atoms with Crippen LogP contribution in [0.5, 0.6) is 11.5 Å². The Morgan fingerprint density at radius 3 is 2.69 bits per heavy atom. The molecule has 5 heteroatoms. The Bertz CT molecular complexity index is 520. The van der Waals surface area contributed by atoms with E-state index >= 15 is 0 Å². The maximum Gasteiger partial charge on any atom is 0.230 e. The number of aromatic nitrogens is 1. The third-order valence-electron chi connectivity index (χ3n) is 2.43. The first-order valence-corrected chi connectivity index (χ1v) is 4.72. The first kappa shape index (κ1) is 10.4. The summed E-state index contributed by atoms with van der Waals surface area (Å²) >= 11 is 0. The van der Waals surface area contributed by atoms with E-state index in [1.807, 2.05) is 0 Å². The number of aryl methyl sites for hydroxylation is 1. The topological polar surface area (TPSA) is 81.5 Å². The highest BCUT2D eigenvalue weighted by Crippen LogP contribution is 2.41. The van der Waals surface area contributed by atoms with Gasteiger partial charge in [0.15, 0.2) is 11.5 Å². The minimum atomic E-state index is 0.0978. The summed E-state index contributed by atoms with van der Waals surface area (Å²) in [4.78, 5) is 0. The maximum absolute atomic E-state index is 9.85. The Balaban J connectivity index is 2.66. The number of nitrogen functional groups attached to an aromatic ring is 1. The van der Waals surface area contributed by atoms with E-state index in [1.165, 1.54) is 13.3 Å². The number of phenolic OH excluding ortho intramolecular Hbond substituents is 1. The number of rotatable bonds is 2. The van der Waals surface area contributed by atoms with E-state index in [2.05, 4.69) is 5.16 Å². The standard InChI is InChI=1S/C11H12N2O3/c1-6-3-4-7(10(15-2)9(6)14)8-5-13-16-11(8)12/h3-5,14H,12H2,1-2H3. The first-order valence-electron chi connectivity index (χ1n) is 4.72. The van der Waals surface area contributed by atoms with Gasteiger partial charge in [-0.25, -0.2) is 0 Å². The van der Waals surface area contributed by atoms with Crippen molar-refractivity contribution in [1.82, 2.24) is 5.16 Å². The predicted octanol–water partition coefficient (Wildman–Crippen LogP) is 1.95. The molecule has 1 aromatic carbocycles. The molecule has 0 fully saturated rings. The molecule has 0 saturated carbocycles. The second-order valence-electron chi connectivity index (χ2n) is 3.42. The summed E-state index contributed by atoms with van der Waals surface area (Å²) < 4.78 is 9.94. The van der Waals surface area contributed by atoms with Crippen LogP contribution in [0.4, 0.5) is 5.88 Å². The Morgan fingerprint density at radius 1 is 1.38 bits per heavy atom. The van der Waals surface area contributed by atoms with Gasteiger partial charge in [-0.05, 0) is 18.6 Å². The molecule has 1 heterocycles. The number of methoxy groups -OCH3 is 1. The van der Waals surface area contributed by atoms with E-state index in [0.717, 1.165) is 5.56 Å². The zero-order chi connectivity index (χ0) is 11.7. The van der Waals surface area contributed by atoms with Gasteiger partial charge in [-0.1, -0.05) is 11.2 Å². The van der Waals surface area contributed by atoms with Crippen LogP contribution in [0.25, 0.3) is 11.1 Å². The minimum absolute atomic E-state index is 0.0978. The molecule has 0 aliphatic carbocycles. The van der Waals surface area contributed by atoms with Crippen LogP contribution in [0.15, 0.2) is 22.9 Å². The predicted molar refractivity (Wildman–Crippen MR) is 59.3 cm³/mol. The molecule has 0 saturated heterocycles. The van der Waals surface area contributed by atoms with E-state index in [0.29, 0.717) is 16.9 Å². The molecule has 0 unspecified atom stereocenters. The van der Waals surface area contributed by atoms with Gasteiger partial charge in [0.1, 0.15) is 0 Å². The molecular formula is C11H12N2O3. The first-order chi connectivity index (χ1) is 7.65. The summed E-state index contributed by atoms with van der Waals surface area (Å²) in [6.07, 6.45) is 1.49. The molecule has 3 N–H and O–H groups in total. The largest absolute Gasteiger partial charge is 0.504 e. The van der Waals surface area contributed by atoms with Crippen LogP contribution in [0, 0.1) is 6.92 Å². The number of aromatic hydroxyl groups is 1. The van der Waals surface area contributed by atoms with Crippen LogP contribution in [-0.4, -0.2) is 17.4 Å². The smallest absolute Gasteiger partial charge is 0.230 e. The zero-order valence-electron chi connectivity index (χ0n) is 9.02. The van der Waals surface area contributed by atoms with Crippen molar-refractivity contribution in [1.29, 1.82) is 0 Å². The molecule has 84 valence electrons. The molecule has 0 aliphatic rings. The number of ether oxygens (including phenoxy) is 1. The van der Waals surface area contributed by atoms with E-state index in [1.54, 1.807) is 19.1 Å². The van der Waals surface area contributed by atoms with Crippen molar-refractivity contribution in [2.75, 3.05) is 12.8 Å². The van der Waals surface area contributed by atoms with Gasteiger partial charge in [0.2, 0.25) is 5.88 Å². The summed E-state index contributed by atoms with van der Waals surface area (Å²) in [6, 6.07) is 3.58. The Morgan fingerprint density at radius 2 is 2.12 bits per heavy atom. The highest BCUT2D eigenvalue weighted by atomic mass is 16.5. The summed E-state index contributed by atoms with van der Waals surface area (Å²) in [5.74, 6) is 0.664. The molecule has 1 aromatic heterocycles. The number of anilines is 1. The molecule has 0 bridgehead atoms. The lowest BCUT2D eigenvalue weighted by atomic mass is 10.0. The van der Waals surface area contributed by atoms with Gasteiger partial charge in [-0.15, -0.1) is 0 Å². The molecule has 0 aliphatic heterocycles. The Hall–Kier alpha value is -2.17. The van der Waals surface area contributed by atoms with Crippen LogP contribution in [0.2, 0.25) is 0 Å². The third-order valence-corrected chi connectivity index (χ3v) is 2.43. The quantitative estimate of drug-likeness (QED) is 0.808. The highest BCUT2D eigenvalue weighted by Gasteiger charge is 2.16. The lowest BCUT2D eigenvalue weighted by Crippen LogP contribution is -1.92. The van der Waals surface area contributed by atoms with Crippen LogP contribution >= 0.6 is 0 Å². The van der Waals surface area contributed by atoms with Crippen molar-refractivity contribution in [3.05, 3.63) is 23.9 Å². The van der Waals surface area contributed by atoms with E-state index in [9.17, 15) is 5.11 Å². The molecule has 0 amide bonds. The summed E-state index contributed by atoms with van der Waals surface area (Å²) in [5, 5.41) is 13.4. The summed E-state index contributed by atoms with van der Waals surface area (Å²) in [7, 11) is 1.49. The van der Waals surface area contributed by atoms with Gasteiger partial charge >= 0.3 is 0 Å². The normalized spacial score (nSPS) is 10.4. The van der Waals surface area contributed by atoms with Gasteiger partial charge in [-0.3, -0.25) is 0 Å². The van der Waals surface area contributed by atoms with Crippen molar-refractivity contribution in [2.24, 2.45) is 0 Å². The van der Waals surface area contributed by atoms with Crippen LogP contribution in [0.1, 0.15) is 5.56 Å². The van der Waals surface area contributed by atoms with Crippen molar-refractivity contribution in [3.8, 4) is 22.6 Å². The highest BCUT2D eigenvalue weighted by molar-refractivity contribution is 5.79. The fraction of sp³-hybridized carbons (Fsp3) is 0.182. The molecule has 5 nitrogen and oxygen atoms in total. The monoisotopic (exact) mass is 220 g/mol. The van der Waals surface area contributed by atoms with Gasteiger partial charge in [-0.2, -0.15) is 0 Å². The number of benzene rings is 1. The average molecular weight is 220 g/mol. The number of hydrogen-bond donors (Lipinski definition) is 2. The van der Waals surface area contributed by atoms with E-state index < -0.39 is 0 Å². The summed E-state index contributed by atoms with van der Waals surface area (Å²) in [6.45, 7) is 1.79. The summed E-state index contributed by atoms with van der Waals surface area (Å²) in [5.41, 5.74) is 7.61. The van der Waals surface area contributed by atoms with Crippen LogP contribution < -0.4 is 10.5 Å². The van der Waals surface area contributed by atoms with Crippen molar-refractivity contribution in [3.63, 3.8) is 0 Å². The maximum atomic E-state index is 9.85. The number of nitrogens with two attached hydrogens (primary N) is 1. The van der Waals surface area contributed by atoms with Crippen LogP contribution in [-0.2, 0) is 0 Å². The van der Waals surface area contributed by atoms with Crippen LogP contribution in [0.3, 0.4) is 0 Å². The molecule has 2 aromatic rings. The molecule has 2 rings (SSSR count). The second-order valence-corrected chi connectivity index (χ2v) is 3.42. The molecule has 0 spiro atoms. The van der Waals surface area contributed by atoms with Crippen molar-refractivity contribution in [2.45, 2.75) is 6.92 Å². The van der Waals surface area contributed by atoms with Crippen molar-refractivity contribution < 1.29 is 14.4 Å². The van der Waals surface area contributed by atoms with Gasteiger partial charge in [0, 0.05) is 5.56 Å². The molecule has 16 heavy (non-hydrogen) atoms. The fourth-order valence-corrected chi connectivity index (χ4v) is 1.54. The molecule has 0 radical (unpaired) electrons. The zero-order valence-corrected chi connectivity index (χ0v) is 9.02. The van der Waals surface area contributed by atoms with Gasteiger partial charge in [0.05, 0.1) is 18.9 Å².